The molecule has 0 unspecified atom stereocenters. The van der Waals surface area contributed by atoms with E-state index in [1.54, 1.807) is 18.2 Å². The monoisotopic (exact) mass is 349 g/mol. The Balaban J connectivity index is 2.48. The van der Waals surface area contributed by atoms with Gasteiger partial charge in [-0.1, -0.05) is 28.1 Å². The van der Waals surface area contributed by atoms with Gasteiger partial charge in [-0.15, -0.1) is 0 Å². The van der Waals surface area contributed by atoms with Crippen LogP contribution in [-0.4, -0.2) is 10.8 Å². The maximum absolute atomic E-state index is 10.9. The van der Waals surface area contributed by atoms with Gasteiger partial charge in [0.2, 0.25) is 0 Å². The Kier molecular flexibility index (Phi) is 4.23. The van der Waals surface area contributed by atoms with Gasteiger partial charge in [-0.25, -0.2) is 0 Å². The van der Waals surface area contributed by atoms with Crippen molar-refractivity contribution in [3.8, 4) is 11.5 Å². The van der Waals surface area contributed by atoms with Crippen LogP contribution in [0.4, 0.5) is 5.69 Å². The van der Waals surface area contributed by atoms with Crippen molar-refractivity contribution >= 4 is 27.5 Å². The molecule has 7 heteroatoms. The second-order valence-electron chi connectivity index (χ2n) is 4.37. The molecule has 0 aliphatic heterocycles. The van der Waals surface area contributed by atoms with Crippen molar-refractivity contribution in [1.29, 1.82) is 5.41 Å². The molecule has 21 heavy (non-hydrogen) atoms. The summed E-state index contributed by atoms with van der Waals surface area (Å²) in [5.41, 5.74) is 6.67. The molecule has 0 aliphatic carbocycles. The molecule has 6 nitrogen and oxygen atoms in total. The van der Waals surface area contributed by atoms with E-state index in [0.29, 0.717) is 21.5 Å². The summed E-state index contributed by atoms with van der Waals surface area (Å²) in [6, 6.07) is 9.56. The molecular formula is C14H12BrN3O3. The number of halogens is 1. The van der Waals surface area contributed by atoms with Gasteiger partial charge >= 0.3 is 0 Å². The average Bonchev–Trinajstić information content (AvgIpc) is 2.40. The van der Waals surface area contributed by atoms with Crippen LogP contribution < -0.4 is 10.5 Å². The van der Waals surface area contributed by atoms with Crippen molar-refractivity contribution in [2.24, 2.45) is 5.73 Å². The summed E-state index contributed by atoms with van der Waals surface area (Å²) in [6.07, 6.45) is 0. The average molecular weight is 350 g/mol. The second kappa shape index (κ2) is 5.92. The number of para-hydroxylation sites is 1. The standard InChI is InChI=1S/C14H12BrN3O3/c1-8-3-2-4-12(14(16)17)13(8)21-11-6-9(15)5-10(7-11)18(19)20/h2-7H,1H3,(H3,16,17). The van der Waals surface area contributed by atoms with Gasteiger partial charge in [0, 0.05) is 10.5 Å². The van der Waals surface area contributed by atoms with Crippen LogP contribution in [0.2, 0.25) is 0 Å². The summed E-state index contributed by atoms with van der Waals surface area (Å²) in [6.45, 7) is 1.81. The number of non-ortho nitro benzene ring substituents is 1. The molecule has 108 valence electrons. The van der Waals surface area contributed by atoms with E-state index in [1.165, 1.54) is 12.1 Å². The normalized spacial score (nSPS) is 10.2. The van der Waals surface area contributed by atoms with Gasteiger partial charge < -0.3 is 10.5 Å². The molecule has 0 amide bonds. The van der Waals surface area contributed by atoms with E-state index < -0.39 is 4.92 Å². The number of amidine groups is 1. The number of aryl methyl sites for hydroxylation is 1. The van der Waals surface area contributed by atoms with Gasteiger partial charge in [0.25, 0.3) is 5.69 Å². The quantitative estimate of drug-likeness (QED) is 0.379. The van der Waals surface area contributed by atoms with Crippen molar-refractivity contribution in [2.45, 2.75) is 6.92 Å². The van der Waals surface area contributed by atoms with Crippen LogP contribution in [-0.2, 0) is 0 Å². The van der Waals surface area contributed by atoms with Gasteiger partial charge in [-0.3, -0.25) is 15.5 Å². The molecule has 0 bridgehead atoms. The maximum atomic E-state index is 10.9. The molecule has 0 heterocycles. The van der Waals surface area contributed by atoms with Crippen LogP contribution in [0.5, 0.6) is 11.5 Å². The van der Waals surface area contributed by atoms with E-state index in [-0.39, 0.29) is 11.5 Å². The molecule has 0 saturated carbocycles. The van der Waals surface area contributed by atoms with E-state index in [4.69, 9.17) is 15.9 Å². The molecule has 0 saturated heterocycles. The van der Waals surface area contributed by atoms with Gasteiger partial charge in [-0.2, -0.15) is 0 Å². The van der Waals surface area contributed by atoms with Crippen molar-refractivity contribution in [3.63, 3.8) is 0 Å². The molecule has 3 N–H and O–H groups in total. The minimum absolute atomic E-state index is 0.0858. The number of nitrogen functional groups attached to an aromatic ring is 1. The molecular weight excluding hydrogens is 338 g/mol. The predicted molar refractivity (Wildman–Crippen MR) is 83.1 cm³/mol. The third kappa shape index (κ3) is 3.38. The van der Waals surface area contributed by atoms with Gasteiger partial charge in [0.1, 0.15) is 17.3 Å². The minimum Gasteiger partial charge on any atom is -0.456 e. The molecule has 0 atom stereocenters. The summed E-state index contributed by atoms with van der Waals surface area (Å²) >= 11 is 3.21. The Hall–Kier alpha value is -2.41. The summed E-state index contributed by atoms with van der Waals surface area (Å²) in [4.78, 5) is 10.4. The Morgan fingerprint density at radius 3 is 2.71 bits per heavy atom. The van der Waals surface area contributed by atoms with Crippen LogP contribution in [0.1, 0.15) is 11.1 Å². The Morgan fingerprint density at radius 2 is 2.10 bits per heavy atom. The number of benzene rings is 2. The first kappa shape index (κ1) is 15.0. The van der Waals surface area contributed by atoms with Crippen molar-refractivity contribution in [3.05, 3.63) is 62.1 Å². The lowest BCUT2D eigenvalue weighted by atomic mass is 10.1. The van der Waals surface area contributed by atoms with Crippen molar-refractivity contribution < 1.29 is 9.66 Å². The highest BCUT2D eigenvalue weighted by molar-refractivity contribution is 9.10. The number of ether oxygens (including phenoxy) is 1. The van der Waals surface area contributed by atoms with Crippen molar-refractivity contribution in [2.75, 3.05) is 0 Å². The molecule has 0 spiro atoms. The largest absolute Gasteiger partial charge is 0.456 e. The van der Waals surface area contributed by atoms with Crippen LogP contribution in [0.25, 0.3) is 0 Å². The fourth-order valence-electron chi connectivity index (χ4n) is 1.83. The lowest BCUT2D eigenvalue weighted by Crippen LogP contribution is -2.12. The SMILES string of the molecule is Cc1cccc(C(=N)N)c1Oc1cc(Br)cc([N+](=O)[O-])c1. The Labute approximate surface area is 129 Å². The lowest BCUT2D eigenvalue weighted by Gasteiger charge is -2.13. The number of rotatable bonds is 4. The van der Waals surface area contributed by atoms with Crippen LogP contribution >= 0.6 is 15.9 Å². The smallest absolute Gasteiger partial charge is 0.274 e. The van der Waals surface area contributed by atoms with Crippen LogP contribution in [0, 0.1) is 22.4 Å². The number of hydrogen-bond donors (Lipinski definition) is 2. The first-order chi connectivity index (χ1) is 9.88. The molecule has 2 aromatic carbocycles. The van der Waals surface area contributed by atoms with Crippen LogP contribution in [0.15, 0.2) is 40.9 Å². The maximum Gasteiger partial charge on any atom is 0.274 e. The number of nitro benzene ring substituents is 1. The topological polar surface area (TPSA) is 102 Å². The van der Waals surface area contributed by atoms with E-state index in [2.05, 4.69) is 15.9 Å². The van der Waals surface area contributed by atoms with E-state index in [1.807, 2.05) is 13.0 Å². The number of nitrogens with one attached hydrogen (secondary N) is 1. The van der Waals surface area contributed by atoms with Gasteiger partial charge in [-0.05, 0) is 24.6 Å². The van der Waals surface area contributed by atoms with E-state index in [0.717, 1.165) is 5.56 Å². The second-order valence-corrected chi connectivity index (χ2v) is 5.29. The molecule has 2 rings (SSSR count). The lowest BCUT2D eigenvalue weighted by molar-refractivity contribution is -0.385. The zero-order chi connectivity index (χ0) is 15.6. The fourth-order valence-corrected chi connectivity index (χ4v) is 2.29. The molecule has 0 fully saturated rings. The zero-order valence-corrected chi connectivity index (χ0v) is 12.7. The highest BCUT2D eigenvalue weighted by Gasteiger charge is 2.14. The summed E-state index contributed by atoms with van der Waals surface area (Å²) < 4.78 is 6.25. The Morgan fingerprint density at radius 1 is 1.38 bits per heavy atom. The first-order valence-corrected chi connectivity index (χ1v) is 6.74. The van der Waals surface area contributed by atoms with E-state index in [9.17, 15) is 10.1 Å². The molecule has 0 radical (unpaired) electrons. The fraction of sp³-hybridized carbons (Fsp3) is 0.0714. The highest BCUT2D eigenvalue weighted by Crippen LogP contribution is 2.33. The summed E-state index contributed by atoms with van der Waals surface area (Å²) in [5, 5.41) is 18.4. The number of hydrogen-bond acceptors (Lipinski definition) is 4. The van der Waals surface area contributed by atoms with Gasteiger partial charge in [0.15, 0.2) is 0 Å². The Bertz CT molecular complexity index is 731. The zero-order valence-electron chi connectivity index (χ0n) is 11.1. The van der Waals surface area contributed by atoms with Crippen LogP contribution in [0.3, 0.4) is 0 Å². The summed E-state index contributed by atoms with van der Waals surface area (Å²) in [5.74, 6) is 0.587. The number of nitrogens with zero attached hydrogens (tertiary/aromatic N) is 1. The molecule has 2 aromatic rings. The highest BCUT2D eigenvalue weighted by atomic mass is 79.9. The van der Waals surface area contributed by atoms with E-state index >= 15 is 0 Å². The molecule has 0 aromatic heterocycles. The predicted octanol–water partition coefficient (Wildman–Crippen LogP) is 3.74. The third-order valence-electron chi connectivity index (χ3n) is 2.79. The molecule has 0 aliphatic rings. The van der Waals surface area contributed by atoms with Crippen molar-refractivity contribution in [1.82, 2.24) is 0 Å². The third-order valence-corrected chi connectivity index (χ3v) is 3.25. The summed E-state index contributed by atoms with van der Waals surface area (Å²) in [7, 11) is 0. The number of nitrogens with two attached hydrogens (primary N) is 1. The number of nitro groups is 1. The minimum atomic E-state index is -0.499. The first-order valence-electron chi connectivity index (χ1n) is 5.95. The van der Waals surface area contributed by atoms with Gasteiger partial charge in [0.05, 0.1) is 16.6 Å².